The van der Waals surface area contributed by atoms with Crippen molar-refractivity contribution in [2.24, 2.45) is 0 Å². The fourth-order valence-corrected chi connectivity index (χ4v) is 2.37. The maximum absolute atomic E-state index is 5.88. The predicted octanol–water partition coefficient (Wildman–Crippen LogP) is 2.38. The fraction of sp³-hybridized carbons (Fsp3) is 0. The molecule has 3 aromatic rings. The summed E-state index contributed by atoms with van der Waals surface area (Å²) in [6.07, 6.45) is 0. The molecule has 0 bridgehead atoms. The van der Waals surface area contributed by atoms with Gasteiger partial charge in [-0.2, -0.15) is 0 Å². The molecule has 0 aliphatic heterocycles. The predicted molar refractivity (Wildman–Crippen MR) is 77.2 cm³/mol. The number of halogens is 1. The first-order valence-electron chi connectivity index (χ1n) is 5.69. The molecule has 0 spiro atoms. The molecule has 0 unspecified atom stereocenters. The van der Waals surface area contributed by atoms with Crippen molar-refractivity contribution in [2.45, 2.75) is 0 Å². The van der Waals surface area contributed by atoms with Crippen LogP contribution in [0.3, 0.4) is 0 Å². The van der Waals surface area contributed by atoms with Crippen LogP contribution < -0.4 is 4.72 Å². The molecule has 19 heavy (non-hydrogen) atoms. The normalized spacial score (nSPS) is 10.6. The Hall–Kier alpha value is -1.61. The monoisotopic (exact) mass is 334 g/mol. The van der Waals surface area contributed by atoms with Gasteiger partial charge in [0.05, 0.1) is 0 Å². The zero-order valence-electron chi connectivity index (χ0n) is 9.82. The van der Waals surface area contributed by atoms with E-state index in [0.29, 0.717) is 10.8 Å². The summed E-state index contributed by atoms with van der Waals surface area (Å²) in [7, 11) is 0. The average molecular weight is 334 g/mol. The van der Waals surface area contributed by atoms with E-state index in [0.717, 1.165) is 16.0 Å². The van der Waals surface area contributed by atoms with Crippen molar-refractivity contribution < 1.29 is 0 Å². The summed E-state index contributed by atoms with van der Waals surface area (Å²) in [5.74, 6) is 0.675. The van der Waals surface area contributed by atoms with Gasteiger partial charge < -0.3 is 0 Å². The molecule has 1 heterocycles. The van der Waals surface area contributed by atoms with E-state index >= 15 is 0 Å². The van der Waals surface area contributed by atoms with Crippen molar-refractivity contribution in [3.05, 3.63) is 59.6 Å². The first kappa shape index (κ1) is 12.4. The third kappa shape index (κ3) is 2.56. The second-order valence-corrected chi connectivity index (χ2v) is 5.17. The molecule has 5 heteroatoms. The average Bonchev–Trinajstić information content (AvgIpc) is 2.83. The van der Waals surface area contributed by atoms with E-state index in [4.69, 9.17) is 11.6 Å². The van der Waals surface area contributed by atoms with Crippen LogP contribution in [0.5, 0.6) is 0 Å². The van der Waals surface area contributed by atoms with Gasteiger partial charge in [0.2, 0.25) is 0 Å². The molecule has 93 valence electrons. The van der Waals surface area contributed by atoms with Gasteiger partial charge in [-0.05, 0) is 0 Å². The van der Waals surface area contributed by atoms with Crippen molar-refractivity contribution in [1.82, 2.24) is 14.8 Å². The first-order chi connectivity index (χ1) is 9.24. The van der Waals surface area contributed by atoms with Crippen LogP contribution in [0.15, 0.2) is 54.6 Å². The van der Waals surface area contributed by atoms with Gasteiger partial charge in [-0.25, -0.2) is 0 Å². The molecule has 1 aromatic heterocycles. The second-order valence-electron chi connectivity index (χ2n) is 3.97. The second kappa shape index (κ2) is 5.17. The van der Waals surface area contributed by atoms with E-state index < -0.39 is 0 Å². The molecule has 3 nitrogen and oxygen atoms in total. The van der Waals surface area contributed by atoms with Gasteiger partial charge in [0, 0.05) is 0 Å². The summed E-state index contributed by atoms with van der Waals surface area (Å²) < 4.78 is 2.51. The minimum absolute atomic E-state index is 0.675. The molecular weight excluding hydrogens is 325 g/mol. The Balaban J connectivity index is 2.04. The van der Waals surface area contributed by atoms with Crippen molar-refractivity contribution in [1.29, 1.82) is 0 Å². The molecule has 0 fully saturated rings. The molecule has 0 aliphatic carbocycles. The molecular formula is C14H9ClN3Se. The van der Waals surface area contributed by atoms with Gasteiger partial charge in [-0.3, -0.25) is 0 Å². The van der Waals surface area contributed by atoms with Crippen LogP contribution in [0.1, 0.15) is 0 Å². The standard InChI is InChI=1S/C14H9ClN3Se/c15-11-8-6-10(7-9-11)13-16-14(19)18(17-13)12-4-2-1-3-5-12/h1-9H. The Bertz CT molecular complexity index is 692. The Morgan fingerprint density at radius 1 is 0.947 bits per heavy atom. The number of para-hydroxylation sites is 1. The first-order valence-corrected chi connectivity index (χ1v) is 6.93. The van der Waals surface area contributed by atoms with Gasteiger partial charge in [0.25, 0.3) is 0 Å². The van der Waals surface area contributed by atoms with Crippen LogP contribution in [-0.2, 0) is 0 Å². The van der Waals surface area contributed by atoms with Crippen molar-refractivity contribution in [2.75, 3.05) is 0 Å². The molecule has 2 aromatic carbocycles. The number of rotatable bonds is 2. The molecule has 3 rings (SSSR count). The number of hydrogen-bond donors (Lipinski definition) is 0. The summed E-state index contributed by atoms with van der Waals surface area (Å²) in [4.78, 5) is 4.44. The zero-order valence-corrected chi connectivity index (χ0v) is 12.3. The van der Waals surface area contributed by atoms with Gasteiger partial charge in [0.1, 0.15) is 0 Å². The van der Waals surface area contributed by atoms with Gasteiger partial charge in [-0.15, -0.1) is 0 Å². The quantitative estimate of drug-likeness (QED) is 0.674. The molecule has 0 saturated heterocycles. The molecule has 0 N–H and O–H groups in total. The summed E-state index contributed by atoms with van der Waals surface area (Å²) >= 11 is 8.81. The number of aromatic nitrogens is 3. The summed E-state index contributed by atoms with van der Waals surface area (Å²) in [5, 5.41) is 5.21. The van der Waals surface area contributed by atoms with Crippen molar-refractivity contribution >= 4 is 32.3 Å². The number of nitrogens with zero attached hydrogens (tertiary/aromatic N) is 3. The third-order valence-corrected chi connectivity index (χ3v) is 3.49. The van der Waals surface area contributed by atoms with Gasteiger partial charge in [0.15, 0.2) is 0 Å². The SMILES string of the molecule is Clc1ccc(-c2nc([Se])n(-c3ccccc3)n2)cc1. The van der Waals surface area contributed by atoms with Gasteiger partial charge >= 0.3 is 124 Å². The van der Waals surface area contributed by atoms with Crippen LogP contribution >= 0.6 is 11.6 Å². The van der Waals surface area contributed by atoms with Crippen LogP contribution in [0.4, 0.5) is 0 Å². The number of benzene rings is 2. The Kier molecular flexibility index (Phi) is 3.38. The fourth-order valence-electron chi connectivity index (χ4n) is 1.76. The molecule has 0 aliphatic rings. The molecule has 0 amide bonds. The minimum atomic E-state index is 0.675. The van der Waals surface area contributed by atoms with Crippen LogP contribution in [0.2, 0.25) is 5.02 Å². The maximum atomic E-state index is 5.88. The summed E-state index contributed by atoms with van der Waals surface area (Å²) in [6.45, 7) is 0. The summed E-state index contributed by atoms with van der Waals surface area (Å²) in [5.41, 5.74) is 1.92. The molecule has 1 radical (unpaired) electrons. The Morgan fingerprint density at radius 2 is 1.63 bits per heavy atom. The van der Waals surface area contributed by atoms with Crippen LogP contribution in [0, 0.1) is 0 Å². The third-order valence-electron chi connectivity index (χ3n) is 2.68. The topological polar surface area (TPSA) is 30.7 Å². The van der Waals surface area contributed by atoms with Crippen LogP contribution in [-0.4, -0.2) is 30.8 Å². The van der Waals surface area contributed by atoms with Crippen molar-refractivity contribution in [3.8, 4) is 17.1 Å². The molecule has 0 atom stereocenters. The Labute approximate surface area is 124 Å². The van der Waals surface area contributed by atoms with E-state index in [1.54, 1.807) is 4.68 Å². The van der Waals surface area contributed by atoms with E-state index in [1.807, 2.05) is 54.6 Å². The van der Waals surface area contributed by atoms with Gasteiger partial charge in [-0.1, -0.05) is 0 Å². The van der Waals surface area contributed by atoms with Crippen LogP contribution in [0.25, 0.3) is 17.1 Å². The van der Waals surface area contributed by atoms with Crippen molar-refractivity contribution in [3.63, 3.8) is 0 Å². The van der Waals surface area contributed by atoms with E-state index in [9.17, 15) is 0 Å². The number of hydrogen-bond acceptors (Lipinski definition) is 2. The Morgan fingerprint density at radius 3 is 2.32 bits per heavy atom. The van der Waals surface area contributed by atoms with E-state index in [-0.39, 0.29) is 0 Å². The van der Waals surface area contributed by atoms with E-state index in [2.05, 4.69) is 26.1 Å². The summed E-state index contributed by atoms with van der Waals surface area (Å²) in [6, 6.07) is 17.4. The van der Waals surface area contributed by atoms with E-state index in [1.165, 1.54) is 0 Å². The molecule has 0 saturated carbocycles. The zero-order chi connectivity index (χ0) is 13.2.